The Kier molecular flexibility index (Phi) is 7.58. The zero-order valence-corrected chi connectivity index (χ0v) is 15.5. The van der Waals surface area contributed by atoms with Gasteiger partial charge < -0.3 is 5.73 Å². The molecule has 2 aromatic rings. The van der Waals surface area contributed by atoms with Crippen molar-refractivity contribution in [2.45, 2.75) is 19.9 Å². The normalized spacial score (nSPS) is 12.0. The monoisotopic (exact) mass is 361 g/mol. The van der Waals surface area contributed by atoms with Crippen molar-refractivity contribution in [1.29, 1.82) is 0 Å². The molecule has 136 valence electrons. The smallest absolute Gasteiger partial charge is 0.282 e. The number of benzene rings is 2. The second-order valence-corrected chi connectivity index (χ2v) is 7.77. The fourth-order valence-electron chi connectivity index (χ4n) is 2.69. The first-order valence-electron chi connectivity index (χ1n) is 8.61. The molecule has 0 saturated carbocycles. The van der Waals surface area contributed by atoms with Crippen LogP contribution in [0.25, 0.3) is 0 Å². The lowest BCUT2D eigenvalue weighted by Crippen LogP contribution is -2.46. The lowest BCUT2D eigenvalue weighted by Gasteiger charge is -2.29. The molecule has 0 unspecified atom stereocenters. The molecule has 0 fully saturated rings. The lowest BCUT2D eigenvalue weighted by molar-refractivity contribution is 0.343. The summed E-state index contributed by atoms with van der Waals surface area (Å²) in [5, 5.41) is 0. The van der Waals surface area contributed by atoms with Gasteiger partial charge in [0, 0.05) is 32.7 Å². The molecule has 2 N–H and O–H groups in total. The molecule has 0 saturated heterocycles. The third-order valence-electron chi connectivity index (χ3n) is 4.08. The summed E-state index contributed by atoms with van der Waals surface area (Å²) >= 11 is 0. The standard InChI is InChI=1S/C19H27N3O2S/c1-2-21(17-19-11-7-4-8-12-19)25(23,24)22(16-14-20)15-13-18-9-5-3-6-10-18/h3-12H,2,13-17,20H2,1H3. The Morgan fingerprint density at radius 2 is 1.40 bits per heavy atom. The quantitative estimate of drug-likeness (QED) is 0.706. The van der Waals surface area contributed by atoms with Crippen molar-refractivity contribution in [3.05, 3.63) is 71.8 Å². The number of hydrogen-bond donors (Lipinski definition) is 1. The molecular formula is C19H27N3O2S. The molecular weight excluding hydrogens is 334 g/mol. The topological polar surface area (TPSA) is 66.6 Å². The number of nitrogens with two attached hydrogens (primary N) is 1. The maximum atomic E-state index is 13.1. The highest BCUT2D eigenvalue weighted by Gasteiger charge is 2.28. The second-order valence-electron chi connectivity index (χ2n) is 5.84. The van der Waals surface area contributed by atoms with E-state index < -0.39 is 10.2 Å². The van der Waals surface area contributed by atoms with Gasteiger partial charge in [0.2, 0.25) is 0 Å². The molecule has 25 heavy (non-hydrogen) atoms. The molecule has 0 heterocycles. The van der Waals surface area contributed by atoms with Crippen molar-refractivity contribution < 1.29 is 8.42 Å². The average Bonchev–Trinajstić information content (AvgIpc) is 2.64. The van der Waals surface area contributed by atoms with Crippen LogP contribution in [0.1, 0.15) is 18.1 Å². The number of rotatable bonds is 10. The van der Waals surface area contributed by atoms with E-state index in [1.54, 1.807) is 0 Å². The molecule has 0 bridgehead atoms. The van der Waals surface area contributed by atoms with E-state index in [4.69, 9.17) is 5.73 Å². The summed E-state index contributed by atoms with van der Waals surface area (Å²) in [4.78, 5) is 0. The van der Waals surface area contributed by atoms with Gasteiger partial charge in [-0.1, -0.05) is 67.6 Å². The van der Waals surface area contributed by atoms with E-state index in [9.17, 15) is 8.42 Å². The maximum Gasteiger partial charge on any atom is 0.282 e. The van der Waals surface area contributed by atoms with Crippen LogP contribution in [-0.2, 0) is 23.2 Å². The minimum atomic E-state index is -3.56. The van der Waals surface area contributed by atoms with Gasteiger partial charge in [-0.3, -0.25) is 0 Å². The molecule has 0 aliphatic carbocycles. The van der Waals surface area contributed by atoms with E-state index in [0.29, 0.717) is 39.1 Å². The van der Waals surface area contributed by atoms with Crippen molar-refractivity contribution in [2.24, 2.45) is 5.73 Å². The molecule has 0 spiro atoms. The first-order chi connectivity index (χ1) is 12.1. The first-order valence-corrected chi connectivity index (χ1v) is 10.0. The summed E-state index contributed by atoms with van der Waals surface area (Å²) in [5.41, 5.74) is 7.76. The third kappa shape index (κ3) is 5.64. The van der Waals surface area contributed by atoms with Crippen LogP contribution in [0.5, 0.6) is 0 Å². The first kappa shape index (κ1) is 19.6. The summed E-state index contributed by atoms with van der Waals surface area (Å²) < 4.78 is 29.1. The molecule has 6 heteroatoms. The van der Waals surface area contributed by atoms with Gasteiger partial charge in [0.15, 0.2) is 0 Å². The number of nitrogens with zero attached hydrogens (tertiary/aromatic N) is 2. The molecule has 0 aliphatic rings. The lowest BCUT2D eigenvalue weighted by atomic mass is 10.1. The Balaban J connectivity index is 2.12. The van der Waals surface area contributed by atoms with Crippen LogP contribution in [0.15, 0.2) is 60.7 Å². The largest absolute Gasteiger partial charge is 0.329 e. The highest BCUT2D eigenvalue weighted by Crippen LogP contribution is 2.14. The predicted molar refractivity (Wildman–Crippen MR) is 102 cm³/mol. The van der Waals surface area contributed by atoms with E-state index in [2.05, 4.69) is 0 Å². The Bertz CT molecular complexity index is 721. The van der Waals surface area contributed by atoms with Gasteiger partial charge in [-0.05, 0) is 17.5 Å². The van der Waals surface area contributed by atoms with Crippen LogP contribution in [-0.4, -0.2) is 43.2 Å². The summed E-state index contributed by atoms with van der Waals surface area (Å²) in [6.07, 6.45) is 0.670. The fourth-order valence-corrected chi connectivity index (χ4v) is 4.32. The van der Waals surface area contributed by atoms with Crippen LogP contribution in [0.2, 0.25) is 0 Å². The highest BCUT2D eigenvalue weighted by molar-refractivity contribution is 7.86. The fraction of sp³-hybridized carbons (Fsp3) is 0.368. The Morgan fingerprint density at radius 1 is 0.840 bits per heavy atom. The molecule has 2 aromatic carbocycles. The molecule has 5 nitrogen and oxygen atoms in total. The minimum Gasteiger partial charge on any atom is -0.329 e. The number of hydrogen-bond acceptors (Lipinski definition) is 3. The summed E-state index contributed by atoms with van der Waals surface area (Å²) in [6, 6.07) is 19.5. The van der Waals surface area contributed by atoms with Crippen molar-refractivity contribution in [1.82, 2.24) is 8.61 Å². The zero-order valence-electron chi connectivity index (χ0n) is 14.7. The molecule has 2 rings (SSSR count). The van der Waals surface area contributed by atoms with Gasteiger partial charge in [0.05, 0.1) is 0 Å². The predicted octanol–water partition coefficient (Wildman–Crippen LogP) is 2.26. The minimum absolute atomic E-state index is 0.302. The Labute approximate surface area is 151 Å². The van der Waals surface area contributed by atoms with Crippen LogP contribution in [0, 0.1) is 0 Å². The van der Waals surface area contributed by atoms with E-state index in [0.717, 1.165) is 11.1 Å². The zero-order chi connectivity index (χ0) is 18.1. The maximum absolute atomic E-state index is 13.1. The van der Waals surface area contributed by atoms with E-state index >= 15 is 0 Å². The summed E-state index contributed by atoms with van der Waals surface area (Å²) in [6.45, 7) is 3.69. The molecule has 0 amide bonds. The van der Waals surface area contributed by atoms with Crippen molar-refractivity contribution in [3.8, 4) is 0 Å². The SMILES string of the molecule is CCN(Cc1ccccc1)S(=O)(=O)N(CCN)CCc1ccccc1. The molecule has 0 atom stereocenters. The summed E-state index contributed by atoms with van der Waals surface area (Å²) in [5.74, 6) is 0. The van der Waals surface area contributed by atoms with Gasteiger partial charge >= 0.3 is 0 Å². The summed E-state index contributed by atoms with van der Waals surface area (Å²) in [7, 11) is -3.56. The van der Waals surface area contributed by atoms with Gasteiger partial charge in [-0.2, -0.15) is 17.0 Å². The van der Waals surface area contributed by atoms with Crippen LogP contribution < -0.4 is 5.73 Å². The molecule has 0 radical (unpaired) electrons. The Hall–Kier alpha value is -1.73. The molecule has 0 aliphatic heterocycles. The highest BCUT2D eigenvalue weighted by atomic mass is 32.2. The van der Waals surface area contributed by atoms with E-state index in [1.807, 2.05) is 67.6 Å². The van der Waals surface area contributed by atoms with Gasteiger partial charge in [0.25, 0.3) is 10.2 Å². The average molecular weight is 362 g/mol. The van der Waals surface area contributed by atoms with Gasteiger partial charge in [-0.15, -0.1) is 0 Å². The van der Waals surface area contributed by atoms with Crippen LogP contribution in [0.3, 0.4) is 0 Å². The van der Waals surface area contributed by atoms with Crippen LogP contribution >= 0.6 is 0 Å². The molecule has 0 aromatic heterocycles. The van der Waals surface area contributed by atoms with E-state index in [1.165, 1.54) is 8.61 Å². The second kappa shape index (κ2) is 9.68. The van der Waals surface area contributed by atoms with Crippen molar-refractivity contribution in [2.75, 3.05) is 26.2 Å². The van der Waals surface area contributed by atoms with Crippen molar-refractivity contribution >= 4 is 10.2 Å². The van der Waals surface area contributed by atoms with Crippen LogP contribution in [0.4, 0.5) is 0 Å². The van der Waals surface area contributed by atoms with Crippen molar-refractivity contribution in [3.63, 3.8) is 0 Å². The van der Waals surface area contributed by atoms with E-state index in [-0.39, 0.29) is 0 Å². The van der Waals surface area contributed by atoms with Gasteiger partial charge in [0.1, 0.15) is 0 Å². The van der Waals surface area contributed by atoms with Gasteiger partial charge in [-0.25, -0.2) is 0 Å². The Morgan fingerprint density at radius 3 is 1.92 bits per heavy atom. The third-order valence-corrected chi connectivity index (χ3v) is 6.14.